The van der Waals surface area contributed by atoms with Crippen molar-refractivity contribution in [2.45, 2.75) is 71.1 Å². The highest BCUT2D eigenvalue weighted by molar-refractivity contribution is 8.25. The highest BCUT2D eigenvalue weighted by atomic mass is 35.5. The van der Waals surface area contributed by atoms with Crippen LogP contribution in [0.5, 0.6) is 0 Å². The van der Waals surface area contributed by atoms with Gasteiger partial charge in [0.2, 0.25) is 0 Å². The van der Waals surface area contributed by atoms with Gasteiger partial charge in [0, 0.05) is 36.4 Å². The smallest absolute Gasteiger partial charge is 0.251 e. The van der Waals surface area contributed by atoms with Crippen LogP contribution in [0.1, 0.15) is 62.9 Å². The summed E-state index contributed by atoms with van der Waals surface area (Å²) >= 11 is 0. The van der Waals surface area contributed by atoms with Gasteiger partial charge in [-0.25, -0.2) is 0 Å². The molecule has 1 aliphatic heterocycles. The predicted octanol–water partition coefficient (Wildman–Crippen LogP) is 5.29. The van der Waals surface area contributed by atoms with Crippen LogP contribution in [0.4, 0.5) is 11.4 Å². The van der Waals surface area contributed by atoms with Crippen molar-refractivity contribution in [3.05, 3.63) is 59.7 Å². The van der Waals surface area contributed by atoms with Gasteiger partial charge >= 0.3 is 0 Å². The normalized spacial score (nSPS) is 17.6. The van der Waals surface area contributed by atoms with E-state index in [1.165, 1.54) is 0 Å². The Morgan fingerprint density at radius 3 is 2.45 bits per heavy atom. The van der Waals surface area contributed by atoms with Crippen molar-refractivity contribution in [2.75, 3.05) is 35.0 Å². The first-order chi connectivity index (χ1) is 17.5. The van der Waals surface area contributed by atoms with Gasteiger partial charge in [-0.2, -0.15) is 0 Å². The third kappa shape index (κ3) is 9.03. The maximum absolute atomic E-state index is 13.6. The first-order valence-corrected chi connectivity index (χ1v) is 14.9. The maximum atomic E-state index is 13.6. The first kappa shape index (κ1) is 32.2. The van der Waals surface area contributed by atoms with Crippen LogP contribution in [0.15, 0.2) is 48.5 Å². The zero-order chi connectivity index (χ0) is 27.1. The van der Waals surface area contributed by atoms with Gasteiger partial charge in [-0.1, -0.05) is 37.3 Å². The van der Waals surface area contributed by atoms with E-state index in [0.717, 1.165) is 30.5 Å². The molecular weight excluding hydrogens is 524 g/mol. The molecule has 6 N–H and O–H groups in total. The van der Waals surface area contributed by atoms with E-state index < -0.39 is 22.9 Å². The molecular formula is C28H45ClN4O4S. The van der Waals surface area contributed by atoms with Crippen LogP contribution >= 0.6 is 23.2 Å². The zero-order valence-corrected chi connectivity index (χ0v) is 24.6. The molecule has 1 saturated heterocycles. The Balaban J connectivity index is 0.00000507. The molecule has 0 aliphatic carbocycles. The molecule has 1 aliphatic rings. The van der Waals surface area contributed by atoms with E-state index in [4.69, 9.17) is 0 Å². The Labute approximate surface area is 235 Å². The molecule has 10 heteroatoms. The second-order valence-electron chi connectivity index (χ2n) is 10.4. The number of carbonyl (C=O) groups is 1. The number of carbonyl (C=O) groups excluding carboxylic acids is 1. The fourth-order valence-corrected chi connectivity index (χ4v) is 6.03. The summed E-state index contributed by atoms with van der Waals surface area (Å²) in [6.45, 7) is 9.76. The van der Waals surface area contributed by atoms with Crippen LogP contribution < -0.4 is 20.3 Å². The molecule has 1 amide bonds. The number of nitrogens with zero attached hydrogens (tertiary/aromatic N) is 1. The molecule has 1 heterocycles. The van der Waals surface area contributed by atoms with E-state index in [1.54, 1.807) is 16.4 Å². The van der Waals surface area contributed by atoms with Gasteiger partial charge in [-0.15, -0.1) is 23.2 Å². The molecule has 214 valence electrons. The van der Waals surface area contributed by atoms with E-state index in [0.29, 0.717) is 43.1 Å². The Morgan fingerprint density at radius 1 is 1.11 bits per heavy atom. The molecule has 2 aromatic carbocycles. The van der Waals surface area contributed by atoms with Crippen LogP contribution in [0.2, 0.25) is 0 Å². The Bertz CT molecular complexity index is 1030. The minimum atomic E-state index is -2.93. The van der Waals surface area contributed by atoms with Crippen LogP contribution in [-0.2, 0) is 6.42 Å². The van der Waals surface area contributed by atoms with Crippen molar-refractivity contribution in [3.63, 3.8) is 0 Å². The monoisotopic (exact) mass is 568 g/mol. The van der Waals surface area contributed by atoms with E-state index >= 15 is 0 Å². The van der Waals surface area contributed by atoms with Gasteiger partial charge in [0.15, 0.2) is 0 Å². The summed E-state index contributed by atoms with van der Waals surface area (Å²) < 4.78 is 23.0. The molecule has 2 aromatic rings. The van der Waals surface area contributed by atoms with Gasteiger partial charge in [-0.3, -0.25) is 18.2 Å². The number of aliphatic hydroxyl groups excluding tert-OH is 1. The standard InChI is InChI=1S/C28H44N4O4S.ClH/c1-5-28(3,4)30-20-26(33)25(16-21-12-8-7-9-13-21)31-27(34)22-17-23(29-6-2)19-24(18-22)32-14-10-11-15-37(32,35)36;/h7-9,12-13,17-19,25-26,29-30,33,35-36H,5-6,10-11,14-16,20H2,1-4H3,(H,31,34);1H/t25-,26-;/m0./s1. The third-order valence-corrected chi connectivity index (χ3v) is 8.92. The summed E-state index contributed by atoms with van der Waals surface area (Å²) in [5.74, 6) is 0.0103. The number of hydrogen-bond acceptors (Lipinski definition) is 7. The van der Waals surface area contributed by atoms with Crippen LogP contribution in [0.25, 0.3) is 0 Å². The molecule has 1 fully saturated rings. The lowest BCUT2D eigenvalue weighted by Gasteiger charge is -2.47. The number of hydrogen-bond donors (Lipinski definition) is 6. The van der Waals surface area contributed by atoms with Gasteiger partial charge in [0.05, 0.1) is 23.6 Å². The minimum absolute atomic E-state index is 0. The van der Waals surface area contributed by atoms with Crippen molar-refractivity contribution in [2.24, 2.45) is 0 Å². The van der Waals surface area contributed by atoms with E-state index in [9.17, 15) is 19.0 Å². The van der Waals surface area contributed by atoms with Crippen molar-refractivity contribution in [1.82, 2.24) is 10.6 Å². The summed E-state index contributed by atoms with van der Waals surface area (Å²) in [6, 6.07) is 14.6. The second-order valence-corrected chi connectivity index (χ2v) is 12.5. The fourth-order valence-electron chi connectivity index (χ4n) is 4.35. The average Bonchev–Trinajstić information content (AvgIpc) is 2.87. The summed E-state index contributed by atoms with van der Waals surface area (Å²) in [6.07, 6.45) is 2.20. The second kappa shape index (κ2) is 14.4. The molecule has 0 unspecified atom stereocenters. The quantitative estimate of drug-likeness (QED) is 0.206. The number of anilines is 2. The molecule has 3 rings (SSSR count). The predicted molar refractivity (Wildman–Crippen MR) is 162 cm³/mol. The SMILES string of the molecule is CCNc1cc(C(=O)N[C@@H](Cc2ccccc2)[C@@H](O)CNC(C)(C)CC)cc(N2CCCCS2(O)O)c1.Cl. The van der Waals surface area contributed by atoms with Gasteiger partial charge < -0.3 is 21.1 Å². The summed E-state index contributed by atoms with van der Waals surface area (Å²) in [4.78, 5) is 13.6. The Kier molecular flexibility index (Phi) is 12.2. The van der Waals surface area contributed by atoms with Gasteiger partial charge in [0.1, 0.15) is 0 Å². The zero-order valence-electron chi connectivity index (χ0n) is 22.9. The molecule has 2 atom stereocenters. The number of amides is 1. The third-order valence-electron chi connectivity index (χ3n) is 6.98. The van der Waals surface area contributed by atoms with Crippen LogP contribution in [0.3, 0.4) is 0 Å². The van der Waals surface area contributed by atoms with Crippen molar-refractivity contribution in [3.8, 4) is 0 Å². The Morgan fingerprint density at radius 2 is 1.82 bits per heavy atom. The summed E-state index contributed by atoms with van der Waals surface area (Å²) in [5.41, 5.74) is 2.63. The number of rotatable bonds is 12. The summed E-state index contributed by atoms with van der Waals surface area (Å²) in [5, 5.41) is 20.8. The van der Waals surface area contributed by atoms with Crippen molar-refractivity contribution < 1.29 is 19.0 Å². The highest BCUT2D eigenvalue weighted by Crippen LogP contribution is 2.50. The minimum Gasteiger partial charge on any atom is -0.390 e. The van der Waals surface area contributed by atoms with Gasteiger partial charge in [0.25, 0.3) is 5.91 Å². The van der Waals surface area contributed by atoms with E-state index in [-0.39, 0.29) is 23.9 Å². The maximum Gasteiger partial charge on any atom is 0.251 e. The highest BCUT2D eigenvalue weighted by Gasteiger charge is 2.29. The topological polar surface area (TPSA) is 117 Å². The van der Waals surface area contributed by atoms with Gasteiger partial charge in [-0.05, 0) is 70.2 Å². The lowest BCUT2D eigenvalue weighted by Crippen LogP contribution is -2.52. The van der Waals surface area contributed by atoms with E-state index in [1.807, 2.05) is 43.3 Å². The van der Waals surface area contributed by atoms with Crippen molar-refractivity contribution in [1.29, 1.82) is 0 Å². The first-order valence-electron chi connectivity index (χ1n) is 13.2. The van der Waals surface area contributed by atoms with E-state index in [2.05, 4.69) is 36.7 Å². The Hall–Kier alpha value is -2.01. The molecule has 38 heavy (non-hydrogen) atoms. The van der Waals surface area contributed by atoms with Crippen LogP contribution in [-0.4, -0.2) is 63.2 Å². The molecule has 0 aromatic heterocycles. The number of β-amino-alcohol motifs (C(OH)–C–C–N with tert-alkyl or cyclic N) is 1. The number of aliphatic hydroxyl groups is 1. The fraction of sp³-hybridized carbons (Fsp3) is 0.536. The largest absolute Gasteiger partial charge is 0.390 e. The average molecular weight is 569 g/mol. The molecule has 0 spiro atoms. The number of halogens is 1. The lowest BCUT2D eigenvalue weighted by molar-refractivity contribution is 0.0813. The number of benzene rings is 2. The summed E-state index contributed by atoms with van der Waals surface area (Å²) in [7, 11) is -2.93. The number of nitrogens with one attached hydrogen (secondary N) is 3. The van der Waals surface area contributed by atoms with Crippen LogP contribution in [0, 0.1) is 0 Å². The molecule has 0 saturated carbocycles. The lowest BCUT2D eigenvalue weighted by atomic mass is 9.98. The molecule has 0 radical (unpaired) electrons. The van der Waals surface area contributed by atoms with Crippen molar-refractivity contribution >= 4 is 40.5 Å². The molecule has 8 nitrogen and oxygen atoms in total. The molecule has 0 bridgehead atoms.